The Balaban J connectivity index is 2.05. The van der Waals surface area contributed by atoms with Crippen LogP contribution in [0, 0.1) is 0 Å². The van der Waals surface area contributed by atoms with Crippen LogP contribution in [0.25, 0.3) is 0 Å². The zero-order valence-corrected chi connectivity index (χ0v) is 12.6. The van der Waals surface area contributed by atoms with E-state index in [4.69, 9.17) is 0 Å². The van der Waals surface area contributed by atoms with E-state index in [9.17, 15) is 0 Å². The van der Waals surface area contributed by atoms with Gasteiger partial charge >= 0.3 is 0 Å². The fourth-order valence-corrected chi connectivity index (χ4v) is 3.27. The quantitative estimate of drug-likeness (QED) is 0.854. The van der Waals surface area contributed by atoms with Crippen molar-refractivity contribution in [1.29, 1.82) is 0 Å². The second-order valence-corrected chi connectivity index (χ2v) is 5.81. The Morgan fingerprint density at radius 3 is 2.59 bits per heavy atom. The highest BCUT2D eigenvalue weighted by Gasteiger charge is 2.24. The van der Waals surface area contributed by atoms with Crippen LogP contribution < -0.4 is 0 Å². The summed E-state index contributed by atoms with van der Waals surface area (Å²) in [6.45, 7) is 10.2. The number of rotatable bonds is 3. The van der Waals surface area contributed by atoms with Gasteiger partial charge in [0.05, 0.1) is 0 Å². The second-order valence-electron chi connectivity index (χ2n) is 5.10. The highest BCUT2D eigenvalue weighted by atomic mass is 79.9. The van der Waals surface area contributed by atoms with E-state index in [1.165, 1.54) is 31.6 Å². The lowest BCUT2D eigenvalue weighted by molar-refractivity contribution is 0.169. The summed E-state index contributed by atoms with van der Waals surface area (Å²) in [5, 5.41) is 0. The largest absolute Gasteiger partial charge is 0.323 e. The van der Waals surface area contributed by atoms with Gasteiger partial charge in [0.1, 0.15) is 0 Å². The van der Waals surface area contributed by atoms with E-state index in [2.05, 4.69) is 51.2 Å². The molecule has 0 spiro atoms. The first-order chi connectivity index (χ1) is 8.13. The van der Waals surface area contributed by atoms with Crippen molar-refractivity contribution in [2.24, 2.45) is 0 Å². The molecular formula is C13H22BrN3. The number of nitrogens with zero attached hydrogens (tertiary/aromatic N) is 3. The predicted octanol–water partition coefficient (Wildman–Crippen LogP) is 3.25. The molecule has 0 bridgehead atoms. The van der Waals surface area contributed by atoms with Gasteiger partial charge in [-0.2, -0.15) is 0 Å². The summed E-state index contributed by atoms with van der Waals surface area (Å²) < 4.78 is 3.26. The molecule has 1 aromatic rings. The van der Waals surface area contributed by atoms with Crippen molar-refractivity contribution in [2.45, 2.75) is 52.1 Å². The Bertz CT molecular complexity index is 365. The monoisotopic (exact) mass is 299 g/mol. The second kappa shape index (κ2) is 5.53. The fourth-order valence-electron chi connectivity index (χ4n) is 2.72. The Morgan fingerprint density at radius 2 is 2.06 bits per heavy atom. The zero-order chi connectivity index (χ0) is 12.4. The van der Waals surface area contributed by atoms with Crippen molar-refractivity contribution >= 4 is 15.9 Å². The van der Waals surface area contributed by atoms with Gasteiger partial charge in [-0.05, 0) is 62.6 Å². The summed E-state index contributed by atoms with van der Waals surface area (Å²) in [7, 11) is 0. The third-order valence-corrected chi connectivity index (χ3v) is 4.46. The van der Waals surface area contributed by atoms with E-state index in [1.54, 1.807) is 0 Å². The summed E-state index contributed by atoms with van der Waals surface area (Å²) >= 11 is 3.52. The molecule has 1 aromatic heterocycles. The van der Waals surface area contributed by atoms with Crippen LogP contribution in [0.2, 0.25) is 0 Å². The molecule has 0 amide bonds. The van der Waals surface area contributed by atoms with Crippen LogP contribution >= 0.6 is 15.9 Å². The maximum absolute atomic E-state index is 4.38. The van der Waals surface area contributed by atoms with E-state index in [0.717, 1.165) is 11.3 Å². The first-order valence-electron chi connectivity index (χ1n) is 6.58. The predicted molar refractivity (Wildman–Crippen MR) is 74.3 cm³/mol. The van der Waals surface area contributed by atoms with E-state index in [-0.39, 0.29) is 0 Å². The number of piperidine rings is 1. The molecule has 0 radical (unpaired) electrons. The number of aromatic nitrogens is 2. The van der Waals surface area contributed by atoms with E-state index >= 15 is 0 Å². The van der Waals surface area contributed by atoms with Crippen molar-refractivity contribution in [2.75, 3.05) is 13.1 Å². The molecule has 0 aliphatic carbocycles. The lowest BCUT2D eigenvalue weighted by atomic mass is 9.93. The SMILES string of the molecule is CCn1c(C2CCN(C(C)C)CC2)cnc1Br. The van der Waals surface area contributed by atoms with Crippen LogP contribution in [0.4, 0.5) is 0 Å². The lowest BCUT2D eigenvalue weighted by Gasteiger charge is -2.34. The summed E-state index contributed by atoms with van der Waals surface area (Å²) in [5.41, 5.74) is 1.41. The first-order valence-corrected chi connectivity index (χ1v) is 7.37. The average molecular weight is 300 g/mol. The minimum atomic E-state index is 0.679. The van der Waals surface area contributed by atoms with E-state index < -0.39 is 0 Å². The molecule has 2 rings (SSSR count). The van der Waals surface area contributed by atoms with Gasteiger partial charge in [0, 0.05) is 30.4 Å². The molecule has 0 aromatic carbocycles. The molecule has 3 nitrogen and oxygen atoms in total. The maximum Gasteiger partial charge on any atom is 0.177 e. The molecule has 2 heterocycles. The fraction of sp³-hybridized carbons (Fsp3) is 0.769. The molecule has 96 valence electrons. The molecular weight excluding hydrogens is 278 g/mol. The molecule has 0 unspecified atom stereocenters. The number of hydrogen-bond donors (Lipinski definition) is 0. The normalized spacial score (nSPS) is 19.1. The van der Waals surface area contributed by atoms with Crippen molar-refractivity contribution in [1.82, 2.24) is 14.5 Å². The van der Waals surface area contributed by atoms with Crippen LogP contribution in [0.3, 0.4) is 0 Å². The average Bonchev–Trinajstić information content (AvgIpc) is 2.70. The summed E-state index contributed by atoms with van der Waals surface area (Å²) in [4.78, 5) is 6.95. The van der Waals surface area contributed by atoms with Crippen LogP contribution in [0.15, 0.2) is 10.9 Å². The van der Waals surface area contributed by atoms with Crippen LogP contribution in [-0.4, -0.2) is 33.6 Å². The van der Waals surface area contributed by atoms with Gasteiger partial charge in [-0.1, -0.05) is 0 Å². The molecule has 4 heteroatoms. The van der Waals surface area contributed by atoms with Gasteiger partial charge in [-0.15, -0.1) is 0 Å². The van der Waals surface area contributed by atoms with Gasteiger partial charge in [0.25, 0.3) is 0 Å². The molecule has 1 aliphatic rings. The molecule has 1 fully saturated rings. The molecule has 17 heavy (non-hydrogen) atoms. The Labute approximate surface area is 112 Å². The van der Waals surface area contributed by atoms with Crippen molar-refractivity contribution in [3.05, 3.63) is 16.6 Å². The maximum atomic E-state index is 4.38. The van der Waals surface area contributed by atoms with Gasteiger partial charge < -0.3 is 9.47 Å². The van der Waals surface area contributed by atoms with E-state index in [1.807, 2.05) is 6.20 Å². The molecule has 0 atom stereocenters. The van der Waals surface area contributed by atoms with Crippen LogP contribution in [0.1, 0.15) is 45.2 Å². The molecule has 0 N–H and O–H groups in total. The minimum Gasteiger partial charge on any atom is -0.323 e. The van der Waals surface area contributed by atoms with Gasteiger partial charge in [-0.25, -0.2) is 4.98 Å². The van der Waals surface area contributed by atoms with E-state index in [0.29, 0.717) is 12.0 Å². The van der Waals surface area contributed by atoms with Gasteiger partial charge in [0.15, 0.2) is 4.73 Å². The summed E-state index contributed by atoms with van der Waals surface area (Å²) in [6.07, 6.45) is 4.57. The number of likely N-dealkylation sites (tertiary alicyclic amines) is 1. The zero-order valence-electron chi connectivity index (χ0n) is 11.0. The molecule has 1 aliphatic heterocycles. The summed E-state index contributed by atoms with van der Waals surface area (Å²) in [6, 6.07) is 0.679. The number of halogens is 1. The first kappa shape index (κ1) is 13.1. The van der Waals surface area contributed by atoms with Crippen molar-refractivity contribution in [3.8, 4) is 0 Å². The smallest absolute Gasteiger partial charge is 0.177 e. The lowest BCUT2D eigenvalue weighted by Crippen LogP contribution is -2.38. The van der Waals surface area contributed by atoms with Crippen molar-refractivity contribution in [3.63, 3.8) is 0 Å². The highest BCUT2D eigenvalue weighted by molar-refractivity contribution is 9.10. The molecule has 1 saturated heterocycles. The van der Waals surface area contributed by atoms with Crippen LogP contribution in [0.5, 0.6) is 0 Å². The van der Waals surface area contributed by atoms with Crippen LogP contribution in [-0.2, 0) is 6.54 Å². The minimum absolute atomic E-state index is 0.679. The number of imidazole rings is 1. The summed E-state index contributed by atoms with van der Waals surface area (Å²) in [5.74, 6) is 0.684. The standard InChI is InChI=1S/C13H22BrN3/c1-4-17-12(9-15-13(17)14)11-5-7-16(8-6-11)10(2)3/h9-11H,4-8H2,1-3H3. The Hall–Kier alpha value is -0.350. The Kier molecular flexibility index (Phi) is 4.26. The number of hydrogen-bond acceptors (Lipinski definition) is 2. The molecule has 0 saturated carbocycles. The van der Waals surface area contributed by atoms with Gasteiger partial charge in [-0.3, -0.25) is 0 Å². The third kappa shape index (κ3) is 2.74. The van der Waals surface area contributed by atoms with Crippen molar-refractivity contribution < 1.29 is 0 Å². The Morgan fingerprint density at radius 1 is 1.41 bits per heavy atom. The van der Waals surface area contributed by atoms with Gasteiger partial charge in [0.2, 0.25) is 0 Å². The topological polar surface area (TPSA) is 21.1 Å². The highest BCUT2D eigenvalue weighted by Crippen LogP contribution is 2.30. The third-order valence-electron chi connectivity index (χ3n) is 3.83.